The molecule has 0 saturated carbocycles. The highest BCUT2D eigenvalue weighted by atomic mass is 32.1. The number of carboxylic acid groups (broad SMARTS) is 1. The maximum atomic E-state index is 12.9. The molecule has 0 aliphatic carbocycles. The number of rotatable bonds is 5. The van der Waals surface area contributed by atoms with Crippen LogP contribution in [0.25, 0.3) is 27.0 Å². The van der Waals surface area contributed by atoms with Crippen molar-refractivity contribution in [1.82, 2.24) is 20.0 Å². The normalized spacial score (nSPS) is 12.2. The topological polar surface area (TPSA) is 95.7 Å². The number of carbonyl (C=O) groups is 2. The van der Waals surface area contributed by atoms with E-state index in [0.29, 0.717) is 11.4 Å². The Bertz CT molecular complexity index is 1180. The maximum absolute atomic E-state index is 12.9. The van der Waals surface area contributed by atoms with Crippen molar-refractivity contribution >= 4 is 39.1 Å². The van der Waals surface area contributed by atoms with Gasteiger partial charge in [-0.1, -0.05) is 36.4 Å². The van der Waals surface area contributed by atoms with E-state index in [1.54, 1.807) is 11.3 Å². The lowest BCUT2D eigenvalue weighted by molar-refractivity contribution is 0.0944. The van der Waals surface area contributed by atoms with Crippen LogP contribution in [0.2, 0.25) is 0 Å². The highest BCUT2D eigenvalue weighted by Crippen LogP contribution is 2.29. The SMILES string of the molecule is CC(CNC(=O)c1c(-c2ccc3ccccc3c2)nc2sccn12)NC(=O)O. The van der Waals surface area contributed by atoms with Crippen LogP contribution in [0.15, 0.2) is 54.0 Å². The fraction of sp³-hybridized carbons (Fsp3) is 0.150. The van der Waals surface area contributed by atoms with Gasteiger partial charge in [0.1, 0.15) is 11.4 Å². The second-order valence-corrected chi connectivity index (χ2v) is 7.36. The molecule has 0 bridgehead atoms. The first-order valence-corrected chi connectivity index (χ1v) is 9.63. The van der Waals surface area contributed by atoms with Gasteiger partial charge >= 0.3 is 6.09 Å². The minimum absolute atomic E-state index is 0.180. The standard InChI is InChI=1S/C20H18N4O3S/c1-12(22-20(26)27)11-21-18(25)17-16(23-19-24(17)8-9-28-19)15-7-6-13-4-2-3-5-14(13)10-15/h2-10,12,22H,11H2,1H3,(H,21,25)(H,26,27). The number of imidazole rings is 1. The zero-order valence-corrected chi connectivity index (χ0v) is 15.9. The van der Waals surface area contributed by atoms with Gasteiger partial charge in [-0.2, -0.15) is 0 Å². The predicted molar refractivity (Wildman–Crippen MR) is 109 cm³/mol. The lowest BCUT2D eigenvalue weighted by Crippen LogP contribution is -2.41. The van der Waals surface area contributed by atoms with E-state index in [9.17, 15) is 9.59 Å². The van der Waals surface area contributed by atoms with Gasteiger partial charge in [0.15, 0.2) is 4.96 Å². The van der Waals surface area contributed by atoms with E-state index in [-0.39, 0.29) is 12.5 Å². The van der Waals surface area contributed by atoms with E-state index in [2.05, 4.69) is 15.6 Å². The van der Waals surface area contributed by atoms with Gasteiger partial charge < -0.3 is 15.7 Å². The summed E-state index contributed by atoms with van der Waals surface area (Å²) in [4.78, 5) is 29.0. The van der Waals surface area contributed by atoms with Gasteiger partial charge in [-0.05, 0) is 23.8 Å². The fourth-order valence-corrected chi connectivity index (χ4v) is 3.85. The van der Waals surface area contributed by atoms with Crippen LogP contribution in [0.1, 0.15) is 17.4 Å². The Morgan fingerprint density at radius 2 is 2.00 bits per heavy atom. The zero-order chi connectivity index (χ0) is 19.7. The molecule has 142 valence electrons. The van der Waals surface area contributed by atoms with Crippen molar-refractivity contribution in [2.24, 2.45) is 0 Å². The van der Waals surface area contributed by atoms with Gasteiger partial charge in [-0.3, -0.25) is 9.20 Å². The largest absolute Gasteiger partial charge is 0.465 e. The molecule has 4 aromatic rings. The van der Waals surface area contributed by atoms with E-state index in [1.165, 1.54) is 11.3 Å². The zero-order valence-electron chi connectivity index (χ0n) is 15.0. The molecule has 2 aromatic heterocycles. The molecule has 0 radical (unpaired) electrons. The Hall–Kier alpha value is -3.39. The first kappa shape index (κ1) is 18.0. The van der Waals surface area contributed by atoms with Gasteiger partial charge in [0.05, 0.1) is 0 Å². The second kappa shape index (κ2) is 7.32. The number of nitrogens with one attached hydrogen (secondary N) is 2. The minimum atomic E-state index is -1.12. The smallest absolute Gasteiger partial charge is 0.404 e. The van der Waals surface area contributed by atoms with Crippen molar-refractivity contribution in [2.75, 3.05) is 6.54 Å². The van der Waals surface area contributed by atoms with Crippen LogP contribution in [0, 0.1) is 0 Å². The summed E-state index contributed by atoms with van der Waals surface area (Å²) in [6, 6.07) is 13.6. The van der Waals surface area contributed by atoms with Crippen LogP contribution in [0.5, 0.6) is 0 Å². The number of hydrogen-bond acceptors (Lipinski definition) is 4. The quantitative estimate of drug-likeness (QED) is 0.482. The van der Waals surface area contributed by atoms with Crippen LogP contribution in [0.3, 0.4) is 0 Å². The lowest BCUT2D eigenvalue weighted by Gasteiger charge is -2.13. The van der Waals surface area contributed by atoms with E-state index in [0.717, 1.165) is 21.3 Å². The third-order valence-electron chi connectivity index (χ3n) is 4.44. The van der Waals surface area contributed by atoms with Crippen LogP contribution in [-0.2, 0) is 0 Å². The number of fused-ring (bicyclic) bond motifs is 2. The summed E-state index contributed by atoms with van der Waals surface area (Å²) >= 11 is 1.45. The Morgan fingerprint density at radius 1 is 1.21 bits per heavy atom. The molecule has 8 heteroatoms. The van der Waals surface area contributed by atoms with Gasteiger partial charge in [-0.15, -0.1) is 11.3 Å². The Kier molecular flexibility index (Phi) is 4.70. The first-order chi connectivity index (χ1) is 13.5. The third-order valence-corrected chi connectivity index (χ3v) is 5.20. The highest BCUT2D eigenvalue weighted by molar-refractivity contribution is 7.15. The van der Waals surface area contributed by atoms with Crippen LogP contribution >= 0.6 is 11.3 Å². The van der Waals surface area contributed by atoms with Crippen molar-refractivity contribution < 1.29 is 14.7 Å². The molecule has 7 nitrogen and oxygen atoms in total. The van der Waals surface area contributed by atoms with Crippen LogP contribution in [-0.4, -0.2) is 39.1 Å². The number of hydrogen-bond donors (Lipinski definition) is 3. The number of carbonyl (C=O) groups excluding carboxylic acids is 1. The summed E-state index contributed by atoms with van der Waals surface area (Å²) in [5.74, 6) is -0.298. The number of amides is 2. The van der Waals surface area contributed by atoms with Crippen molar-refractivity contribution in [3.63, 3.8) is 0 Å². The van der Waals surface area contributed by atoms with Gasteiger partial charge in [-0.25, -0.2) is 9.78 Å². The summed E-state index contributed by atoms with van der Waals surface area (Å²) < 4.78 is 1.76. The maximum Gasteiger partial charge on any atom is 0.404 e. The summed E-state index contributed by atoms with van der Waals surface area (Å²) in [5.41, 5.74) is 1.90. The van der Waals surface area contributed by atoms with Crippen LogP contribution < -0.4 is 10.6 Å². The van der Waals surface area contributed by atoms with Gasteiger partial charge in [0.2, 0.25) is 0 Å². The predicted octanol–water partition coefficient (Wildman–Crippen LogP) is 3.60. The fourth-order valence-electron chi connectivity index (χ4n) is 3.13. The summed E-state index contributed by atoms with van der Waals surface area (Å²) in [5, 5.41) is 18.0. The molecule has 1 unspecified atom stereocenters. The highest BCUT2D eigenvalue weighted by Gasteiger charge is 2.22. The number of benzene rings is 2. The molecule has 3 N–H and O–H groups in total. The summed E-state index contributed by atoms with van der Waals surface area (Å²) in [6.07, 6.45) is 0.689. The first-order valence-electron chi connectivity index (χ1n) is 8.75. The van der Waals surface area contributed by atoms with Crippen LogP contribution in [0.4, 0.5) is 4.79 Å². The molecule has 1 atom stereocenters. The monoisotopic (exact) mass is 394 g/mol. The molecule has 2 aromatic carbocycles. The molecule has 0 saturated heterocycles. The van der Waals surface area contributed by atoms with E-state index < -0.39 is 12.1 Å². The molecular weight excluding hydrogens is 376 g/mol. The molecular formula is C20H18N4O3S. The van der Waals surface area contributed by atoms with Crippen molar-refractivity contribution in [3.8, 4) is 11.3 Å². The molecule has 0 aliphatic rings. The molecule has 0 spiro atoms. The third kappa shape index (κ3) is 3.41. The van der Waals surface area contributed by atoms with E-state index in [4.69, 9.17) is 5.11 Å². The molecule has 28 heavy (non-hydrogen) atoms. The summed E-state index contributed by atoms with van der Waals surface area (Å²) in [6.45, 7) is 1.87. The number of aromatic nitrogens is 2. The van der Waals surface area contributed by atoms with E-state index >= 15 is 0 Å². The summed E-state index contributed by atoms with van der Waals surface area (Å²) in [7, 11) is 0. The lowest BCUT2D eigenvalue weighted by atomic mass is 10.0. The molecule has 0 aliphatic heterocycles. The van der Waals surface area contributed by atoms with Crippen molar-refractivity contribution in [3.05, 3.63) is 59.7 Å². The van der Waals surface area contributed by atoms with Gasteiger partial charge in [0, 0.05) is 29.7 Å². The molecule has 2 heterocycles. The Labute approximate surface area is 164 Å². The van der Waals surface area contributed by atoms with Gasteiger partial charge in [0.25, 0.3) is 5.91 Å². The van der Waals surface area contributed by atoms with Crippen molar-refractivity contribution in [2.45, 2.75) is 13.0 Å². The second-order valence-electron chi connectivity index (χ2n) is 6.49. The average Bonchev–Trinajstić information content (AvgIpc) is 3.26. The molecule has 2 amide bonds. The molecule has 0 fully saturated rings. The Balaban J connectivity index is 1.70. The average molecular weight is 394 g/mol. The number of thiazole rings is 1. The van der Waals surface area contributed by atoms with E-state index in [1.807, 2.05) is 54.0 Å². The van der Waals surface area contributed by atoms with Crippen molar-refractivity contribution in [1.29, 1.82) is 0 Å². The molecule has 4 rings (SSSR count). The minimum Gasteiger partial charge on any atom is -0.465 e. The number of nitrogens with zero attached hydrogens (tertiary/aromatic N) is 2. The Morgan fingerprint density at radius 3 is 2.79 bits per heavy atom.